The summed E-state index contributed by atoms with van der Waals surface area (Å²) in [5.41, 5.74) is 0.969. The number of carbonyl (C=O) groups is 1. The van der Waals surface area contributed by atoms with E-state index in [-0.39, 0.29) is 5.91 Å². The van der Waals surface area contributed by atoms with Crippen LogP contribution in [0.4, 0.5) is 5.69 Å². The number of nitrogens with one attached hydrogen (secondary N) is 1. The van der Waals surface area contributed by atoms with Gasteiger partial charge in [0, 0.05) is 17.6 Å². The number of anilines is 1. The standard InChI is InChI=1S/C18H18N2OS/c1-20(13-17-7-4-10-22-17)18(21)12-19-16-9-8-14-5-2-3-6-15(14)11-16/h2-11,19H,12-13H2,1H3. The van der Waals surface area contributed by atoms with Crippen molar-refractivity contribution in [3.05, 3.63) is 64.9 Å². The second-order valence-electron chi connectivity index (χ2n) is 5.24. The maximum absolute atomic E-state index is 12.2. The van der Waals surface area contributed by atoms with E-state index >= 15 is 0 Å². The molecule has 1 amide bonds. The number of nitrogens with zero attached hydrogens (tertiary/aromatic N) is 1. The number of likely N-dealkylation sites (N-methyl/N-ethyl adjacent to an activating group) is 1. The van der Waals surface area contributed by atoms with E-state index in [1.807, 2.05) is 42.8 Å². The van der Waals surface area contributed by atoms with Gasteiger partial charge in [0.25, 0.3) is 0 Å². The van der Waals surface area contributed by atoms with E-state index in [9.17, 15) is 4.79 Å². The van der Waals surface area contributed by atoms with Crippen LogP contribution < -0.4 is 5.32 Å². The highest BCUT2D eigenvalue weighted by atomic mass is 32.1. The number of fused-ring (bicyclic) bond motifs is 1. The highest BCUT2D eigenvalue weighted by Gasteiger charge is 2.09. The molecule has 4 heteroatoms. The Morgan fingerprint density at radius 3 is 2.68 bits per heavy atom. The number of hydrogen-bond donors (Lipinski definition) is 1. The maximum atomic E-state index is 12.2. The normalized spacial score (nSPS) is 10.6. The first kappa shape index (κ1) is 14.6. The highest BCUT2D eigenvalue weighted by Crippen LogP contribution is 2.18. The quantitative estimate of drug-likeness (QED) is 0.773. The van der Waals surface area contributed by atoms with Crippen molar-refractivity contribution in [1.29, 1.82) is 0 Å². The average Bonchev–Trinajstić information content (AvgIpc) is 3.05. The number of amides is 1. The SMILES string of the molecule is CN(Cc1cccs1)C(=O)CNc1ccc2ccccc2c1. The van der Waals surface area contributed by atoms with Crippen LogP contribution in [0.5, 0.6) is 0 Å². The summed E-state index contributed by atoms with van der Waals surface area (Å²) in [7, 11) is 1.84. The van der Waals surface area contributed by atoms with Crippen molar-refractivity contribution in [2.45, 2.75) is 6.54 Å². The summed E-state index contributed by atoms with van der Waals surface area (Å²) in [6.07, 6.45) is 0. The van der Waals surface area contributed by atoms with Crippen LogP contribution in [0.2, 0.25) is 0 Å². The monoisotopic (exact) mass is 310 g/mol. The minimum atomic E-state index is 0.0848. The van der Waals surface area contributed by atoms with Gasteiger partial charge in [0.1, 0.15) is 0 Å². The van der Waals surface area contributed by atoms with E-state index in [1.54, 1.807) is 16.2 Å². The van der Waals surface area contributed by atoms with Gasteiger partial charge in [-0.3, -0.25) is 4.79 Å². The molecular weight excluding hydrogens is 292 g/mol. The molecule has 0 spiro atoms. The zero-order chi connectivity index (χ0) is 15.4. The molecule has 0 unspecified atom stereocenters. The summed E-state index contributed by atoms with van der Waals surface area (Å²) in [5.74, 6) is 0.0848. The Morgan fingerprint density at radius 2 is 1.91 bits per heavy atom. The highest BCUT2D eigenvalue weighted by molar-refractivity contribution is 7.09. The number of hydrogen-bond acceptors (Lipinski definition) is 3. The second kappa shape index (κ2) is 6.62. The number of benzene rings is 2. The third-order valence-corrected chi connectivity index (χ3v) is 4.45. The molecule has 0 saturated heterocycles. The minimum Gasteiger partial charge on any atom is -0.376 e. The van der Waals surface area contributed by atoms with Gasteiger partial charge in [0.05, 0.1) is 13.1 Å². The van der Waals surface area contributed by atoms with Gasteiger partial charge in [0.15, 0.2) is 0 Å². The molecule has 0 bridgehead atoms. The van der Waals surface area contributed by atoms with Gasteiger partial charge >= 0.3 is 0 Å². The van der Waals surface area contributed by atoms with Crippen molar-refractivity contribution in [3.63, 3.8) is 0 Å². The van der Waals surface area contributed by atoms with Gasteiger partial charge in [0.2, 0.25) is 5.91 Å². The summed E-state index contributed by atoms with van der Waals surface area (Å²) < 4.78 is 0. The second-order valence-corrected chi connectivity index (χ2v) is 6.28. The fraction of sp³-hybridized carbons (Fsp3) is 0.167. The van der Waals surface area contributed by atoms with Crippen LogP contribution >= 0.6 is 11.3 Å². The summed E-state index contributed by atoms with van der Waals surface area (Å²) >= 11 is 1.67. The van der Waals surface area contributed by atoms with Crippen molar-refractivity contribution in [2.24, 2.45) is 0 Å². The van der Waals surface area contributed by atoms with E-state index in [4.69, 9.17) is 0 Å². The van der Waals surface area contributed by atoms with Gasteiger partial charge in [-0.05, 0) is 34.4 Å². The van der Waals surface area contributed by atoms with E-state index < -0.39 is 0 Å². The van der Waals surface area contributed by atoms with Gasteiger partial charge in [-0.1, -0.05) is 36.4 Å². The lowest BCUT2D eigenvalue weighted by atomic mass is 10.1. The zero-order valence-corrected chi connectivity index (χ0v) is 13.3. The van der Waals surface area contributed by atoms with Gasteiger partial charge in [-0.2, -0.15) is 0 Å². The van der Waals surface area contributed by atoms with E-state index in [0.29, 0.717) is 13.1 Å². The number of carbonyl (C=O) groups excluding carboxylic acids is 1. The summed E-state index contributed by atoms with van der Waals surface area (Å²) in [6, 6.07) is 18.4. The molecule has 2 aromatic carbocycles. The first-order valence-corrected chi connectivity index (χ1v) is 8.09. The molecular formula is C18H18N2OS. The van der Waals surface area contributed by atoms with Crippen molar-refractivity contribution in [2.75, 3.05) is 18.9 Å². The fourth-order valence-electron chi connectivity index (χ4n) is 2.34. The first-order chi connectivity index (χ1) is 10.7. The number of thiophene rings is 1. The molecule has 0 aliphatic carbocycles. The smallest absolute Gasteiger partial charge is 0.241 e. The summed E-state index contributed by atoms with van der Waals surface area (Å²) in [5, 5.41) is 7.61. The molecule has 0 aliphatic rings. The fourth-order valence-corrected chi connectivity index (χ4v) is 3.09. The molecule has 0 fully saturated rings. The molecule has 1 aromatic heterocycles. The lowest BCUT2D eigenvalue weighted by Gasteiger charge is -2.17. The van der Waals surface area contributed by atoms with Crippen LogP contribution in [0.25, 0.3) is 10.8 Å². The Morgan fingerprint density at radius 1 is 1.09 bits per heavy atom. The Kier molecular flexibility index (Phi) is 4.39. The predicted octanol–water partition coefficient (Wildman–Crippen LogP) is 3.97. The van der Waals surface area contributed by atoms with Gasteiger partial charge in [-0.15, -0.1) is 11.3 Å². The van der Waals surface area contributed by atoms with Gasteiger partial charge < -0.3 is 10.2 Å². The van der Waals surface area contributed by atoms with Crippen molar-refractivity contribution < 1.29 is 4.79 Å². The molecule has 1 heterocycles. The van der Waals surface area contributed by atoms with Crippen LogP contribution in [-0.2, 0) is 11.3 Å². The molecule has 1 N–H and O–H groups in total. The minimum absolute atomic E-state index is 0.0848. The first-order valence-electron chi connectivity index (χ1n) is 7.21. The van der Waals surface area contributed by atoms with Crippen LogP contribution in [0.1, 0.15) is 4.88 Å². The molecule has 3 rings (SSSR count). The Hall–Kier alpha value is -2.33. The molecule has 3 aromatic rings. The Bertz CT molecular complexity index is 768. The molecule has 0 aliphatic heterocycles. The van der Waals surface area contributed by atoms with E-state index in [2.05, 4.69) is 29.6 Å². The average molecular weight is 310 g/mol. The van der Waals surface area contributed by atoms with Crippen LogP contribution in [0.3, 0.4) is 0 Å². The van der Waals surface area contributed by atoms with E-state index in [1.165, 1.54) is 15.6 Å². The Labute approximate surface area is 134 Å². The van der Waals surface area contributed by atoms with Crippen molar-refractivity contribution in [1.82, 2.24) is 4.90 Å². The van der Waals surface area contributed by atoms with Crippen LogP contribution in [-0.4, -0.2) is 24.4 Å². The van der Waals surface area contributed by atoms with Crippen molar-refractivity contribution in [3.8, 4) is 0 Å². The maximum Gasteiger partial charge on any atom is 0.241 e. The molecule has 3 nitrogen and oxygen atoms in total. The lowest BCUT2D eigenvalue weighted by Crippen LogP contribution is -2.31. The summed E-state index contributed by atoms with van der Waals surface area (Å²) in [6.45, 7) is 0.968. The molecule has 0 atom stereocenters. The molecule has 112 valence electrons. The summed E-state index contributed by atoms with van der Waals surface area (Å²) in [4.78, 5) is 15.1. The zero-order valence-electron chi connectivity index (χ0n) is 12.5. The van der Waals surface area contributed by atoms with Crippen LogP contribution in [0.15, 0.2) is 60.0 Å². The molecule has 0 radical (unpaired) electrons. The lowest BCUT2D eigenvalue weighted by molar-refractivity contribution is -0.128. The number of rotatable bonds is 5. The predicted molar refractivity (Wildman–Crippen MR) is 93.2 cm³/mol. The van der Waals surface area contributed by atoms with Crippen LogP contribution in [0, 0.1) is 0 Å². The van der Waals surface area contributed by atoms with E-state index in [0.717, 1.165) is 5.69 Å². The molecule has 22 heavy (non-hydrogen) atoms. The van der Waals surface area contributed by atoms with Crippen molar-refractivity contribution >= 4 is 33.7 Å². The topological polar surface area (TPSA) is 32.3 Å². The Balaban J connectivity index is 1.59. The largest absolute Gasteiger partial charge is 0.376 e. The third-order valence-electron chi connectivity index (χ3n) is 3.59. The third kappa shape index (κ3) is 3.46. The van der Waals surface area contributed by atoms with Gasteiger partial charge in [-0.25, -0.2) is 0 Å². The molecule has 0 saturated carbocycles.